The van der Waals surface area contributed by atoms with Crippen LogP contribution in [0.5, 0.6) is 0 Å². The van der Waals surface area contributed by atoms with Gasteiger partial charge in [0.15, 0.2) is 0 Å². The van der Waals surface area contributed by atoms with E-state index in [4.69, 9.17) is 0 Å². The summed E-state index contributed by atoms with van der Waals surface area (Å²) in [6, 6.07) is 6.95. The van der Waals surface area contributed by atoms with E-state index in [0.717, 1.165) is 25.0 Å². The maximum Gasteiger partial charge on any atom is 0.261 e. The Morgan fingerprint density at radius 1 is 1.05 bits per heavy atom. The molecule has 0 radical (unpaired) electrons. The van der Waals surface area contributed by atoms with Gasteiger partial charge in [-0.15, -0.1) is 0 Å². The number of imide groups is 1. The van der Waals surface area contributed by atoms with Crippen LogP contribution in [0.2, 0.25) is 0 Å². The van der Waals surface area contributed by atoms with Gasteiger partial charge in [-0.05, 0) is 31.4 Å². The van der Waals surface area contributed by atoms with E-state index in [1.807, 2.05) is 0 Å². The van der Waals surface area contributed by atoms with Crippen molar-refractivity contribution in [3.63, 3.8) is 0 Å². The predicted molar refractivity (Wildman–Crippen MR) is 71.1 cm³/mol. The molecule has 0 aliphatic carbocycles. The van der Waals surface area contributed by atoms with Gasteiger partial charge in [0.05, 0.1) is 23.0 Å². The van der Waals surface area contributed by atoms with Gasteiger partial charge in [0.2, 0.25) is 0 Å². The van der Waals surface area contributed by atoms with Crippen LogP contribution in [0.1, 0.15) is 39.3 Å². The summed E-state index contributed by atoms with van der Waals surface area (Å²) in [4.78, 5) is 25.5. The van der Waals surface area contributed by atoms with Crippen LogP contribution in [0.4, 0.5) is 0 Å². The molecule has 102 valence electrons. The third kappa shape index (κ3) is 2.20. The molecule has 1 aromatic carbocycles. The molecule has 0 bridgehead atoms. The molecule has 6 nitrogen and oxygen atoms in total. The van der Waals surface area contributed by atoms with Crippen molar-refractivity contribution in [2.24, 2.45) is 0 Å². The zero-order valence-corrected chi connectivity index (χ0v) is 10.9. The molecule has 2 heterocycles. The average molecular weight is 270 g/mol. The molecular formula is C14H14N4O2. The molecule has 2 amide bonds. The van der Waals surface area contributed by atoms with E-state index in [9.17, 15) is 9.59 Å². The highest BCUT2D eigenvalue weighted by Gasteiger charge is 2.34. The molecule has 1 aliphatic rings. The number of nitrogens with zero attached hydrogens (tertiary/aromatic N) is 3. The number of fused-ring (bicyclic) bond motifs is 1. The quantitative estimate of drug-likeness (QED) is 0.658. The second-order valence-corrected chi connectivity index (χ2v) is 4.73. The minimum atomic E-state index is -0.188. The number of nitrogens with one attached hydrogen (secondary N) is 1. The molecule has 1 N–H and O–H groups in total. The normalized spacial score (nSPS) is 13.9. The highest BCUT2D eigenvalue weighted by atomic mass is 16.2. The summed E-state index contributed by atoms with van der Waals surface area (Å²) >= 11 is 0. The molecule has 6 heteroatoms. The minimum absolute atomic E-state index is 0.188. The van der Waals surface area contributed by atoms with Crippen molar-refractivity contribution in [1.82, 2.24) is 20.3 Å². The number of aromatic nitrogens is 3. The third-order valence-corrected chi connectivity index (χ3v) is 3.41. The van der Waals surface area contributed by atoms with Crippen LogP contribution in [0.15, 0.2) is 30.5 Å². The average Bonchev–Trinajstić information content (AvgIpc) is 3.06. The van der Waals surface area contributed by atoms with Crippen molar-refractivity contribution in [2.75, 3.05) is 6.54 Å². The number of H-pyrrole nitrogens is 1. The summed E-state index contributed by atoms with van der Waals surface area (Å²) in [5, 5.41) is 10.3. The summed E-state index contributed by atoms with van der Waals surface area (Å²) in [7, 11) is 0. The van der Waals surface area contributed by atoms with E-state index < -0.39 is 0 Å². The van der Waals surface area contributed by atoms with Gasteiger partial charge in [0.25, 0.3) is 11.8 Å². The Balaban J connectivity index is 1.57. The molecule has 0 saturated carbocycles. The zero-order valence-electron chi connectivity index (χ0n) is 10.9. The highest BCUT2D eigenvalue weighted by Crippen LogP contribution is 2.22. The fraction of sp³-hybridized carbons (Fsp3) is 0.286. The number of benzene rings is 1. The monoisotopic (exact) mass is 270 g/mol. The van der Waals surface area contributed by atoms with Crippen molar-refractivity contribution in [3.05, 3.63) is 47.3 Å². The number of aromatic amines is 1. The molecule has 0 fully saturated rings. The lowest BCUT2D eigenvalue weighted by atomic mass is 10.1. The fourth-order valence-electron chi connectivity index (χ4n) is 2.36. The predicted octanol–water partition coefficient (Wildman–Crippen LogP) is 1.42. The van der Waals surface area contributed by atoms with Gasteiger partial charge in [-0.2, -0.15) is 15.4 Å². The van der Waals surface area contributed by atoms with Gasteiger partial charge in [-0.3, -0.25) is 14.5 Å². The number of hydrogen-bond donors (Lipinski definition) is 1. The van der Waals surface area contributed by atoms with E-state index in [1.165, 1.54) is 4.90 Å². The van der Waals surface area contributed by atoms with Gasteiger partial charge in [0, 0.05) is 6.54 Å². The number of carbonyl (C=O) groups is 2. The summed E-state index contributed by atoms with van der Waals surface area (Å²) in [6.45, 7) is 0.449. The highest BCUT2D eigenvalue weighted by molar-refractivity contribution is 6.21. The first-order chi connectivity index (χ1) is 9.77. The maximum atomic E-state index is 12.1. The first-order valence-corrected chi connectivity index (χ1v) is 6.57. The molecule has 1 aromatic heterocycles. The Bertz CT molecular complexity index is 601. The van der Waals surface area contributed by atoms with Gasteiger partial charge >= 0.3 is 0 Å². The molecule has 0 saturated heterocycles. The molecule has 3 rings (SSSR count). The lowest BCUT2D eigenvalue weighted by molar-refractivity contribution is 0.0652. The van der Waals surface area contributed by atoms with Crippen LogP contribution in [-0.2, 0) is 6.42 Å². The molecule has 20 heavy (non-hydrogen) atoms. The number of rotatable bonds is 5. The maximum absolute atomic E-state index is 12.1. The molecule has 0 atom stereocenters. The van der Waals surface area contributed by atoms with Gasteiger partial charge in [-0.25, -0.2) is 0 Å². The first-order valence-electron chi connectivity index (χ1n) is 6.57. The van der Waals surface area contributed by atoms with Crippen molar-refractivity contribution >= 4 is 11.8 Å². The van der Waals surface area contributed by atoms with E-state index >= 15 is 0 Å². The van der Waals surface area contributed by atoms with E-state index in [0.29, 0.717) is 17.7 Å². The summed E-state index contributed by atoms with van der Waals surface area (Å²) < 4.78 is 0. The van der Waals surface area contributed by atoms with Crippen LogP contribution in [0.3, 0.4) is 0 Å². The second-order valence-electron chi connectivity index (χ2n) is 4.73. The first kappa shape index (κ1) is 12.5. The molecular weight excluding hydrogens is 256 g/mol. The van der Waals surface area contributed by atoms with Crippen LogP contribution in [0, 0.1) is 0 Å². The van der Waals surface area contributed by atoms with Gasteiger partial charge < -0.3 is 0 Å². The van der Waals surface area contributed by atoms with E-state index in [2.05, 4.69) is 15.4 Å². The minimum Gasteiger partial charge on any atom is -0.274 e. The lowest BCUT2D eigenvalue weighted by Gasteiger charge is -2.12. The van der Waals surface area contributed by atoms with Gasteiger partial charge in [-0.1, -0.05) is 12.1 Å². The lowest BCUT2D eigenvalue weighted by Crippen LogP contribution is -2.30. The standard InChI is InChI=1S/C14H14N4O2/c19-13-11-6-1-2-7-12(11)14(20)18(13)8-4-3-5-10-9-15-17-16-10/h1-2,6-7,9H,3-5,8H2,(H,15,16,17). The van der Waals surface area contributed by atoms with Crippen LogP contribution < -0.4 is 0 Å². The molecule has 1 aliphatic heterocycles. The van der Waals surface area contributed by atoms with Crippen molar-refractivity contribution in [2.45, 2.75) is 19.3 Å². The topological polar surface area (TPSA) is 79.0 Å². The Kier molecular flexibility index (Phi) is 3.28. The van der Waals surface area contributed by atoms with Crippen molar-refractivity contribution in [3.8, 4) is 0 Å². The van der Waals surface area contributed by atoms with Crippen LogP contribution in [-0.4, -0.2) is 38.7 Å². The molecule has 0 spiro atoms. The van der Waals surface area contributed by atoms with Gasteiger partial charge in [0.1, 0.15) is 0 Å². The fourth-order valence-corrected chi connectivity index (χ4v) is 2.36. The Labute approximate surface area is 115 Å². The van der Waals surface area contributed by atoms with Crippen LogP contribution >= 0.6 is 0 Å². The number of amides is 2. The smallest absolute Gasteiger partial charge is 0.261 e. The summed E-state index contributed by atoms with van der Waals surface area (Å²) in [5.74, 6) is -0.376. The zero-order chi connectivity index (χ0) is 13.9. The Hall–Kier alpha value is -2.50. The molecule has 0 unspecified atom stereocenters. The van der Waals surface area contributed by atoms with Crippen molar-refractivity contribution in [1.29, 1.82) is 0 Å². The Morgan fingerprint density at radius 2 is 1.75 bits per heavy atom. The van der Waals surface area contributed by atoms with E-state index in [-0.39, 0.29) is 11.8 Å². The number of aryl methyl sites for hydroxylation is 1. The van der Waals surface area contributed by atoms with E-state index in [1.54, 1.807) is 30.5 Å². The third-order valence-electron chi connectivity index (χ3n) is 3.41. The SMILES string of the molecule is O=C1c2ccccc2C(=O)N1CCCCc1cn[nH]n1. The van der Waals surface area contributed by atoms with Crippen LogP contribution in [0.25, 0.3) is 0 Å². The number of carbonyl (C=O) groups excluding carboxylic acids is 2. The Morgan fingerprint density at radius 3 is 2.35 bits per heavy atom. The number of hydrogen-bond acceptors (Lipinski definition) is 4. The summed E-state index contributed by atoms with van der Waals surface area (Å²) in [6.07, 6.45) is 4.10. The molecule has 2 aromatic rings. The van der Waals surface area contributed by atoms with Crippen molar-refractivity contribution < 1.29 is 9.59 Å². The summed E-state index contributed by atoms with van der Waals surface area (Å²) in [5.41, 5.74) is 1.91. The largest absolute Gasteiger partial charge is 0.274 e. The number of unbranched alkanes of at least 4 members (excludes halogenated alkanes) is 1. The second kappa shape index (κ2) is 5.24.